The third kappa shape index (κ3) is 3.44. The lowest BCUT2D eigenvalue weighted by molar-refractivity contribution is 0.187. The van der Waals surface area contributed by atoms with Crippen molar-refractivity contribution in [2.24, 2.45) is 0 Å². The normalized spacial score (nSPS) is 15.0. The van der Waals surface area contributed by atoms with E-state index in [0.29, 0.717) is 19.6 Å². The van der Waals surface area contributed by atoms with Crippen LogP contribution in [-0.2, 0) is 19.5 Å². The van der Waals surface area contributed by atoms with Crippen molar-refractivity contribution in [3.8, 4) is 5.75 Å². The van der Waals surface area contributed by atoms with E-state index in [4.69, 9.17) is 4.74 Å². The highest BCUT2D eigenvalue weighted by molar-refractivity contribution is 5.75. The molecule has 0 spiro atoms. The number of methoxy groups -OCH3 is 1. The van der Waals surface area contributed by atoms with Gasteiger partial charge in [0.1, 0.15) is 18.4 Å². The number of fused-ring (bicyclic) bond motifs is 1. The van der Waals surface area contributed by atoms with Crippen molar-refractivity contribution < 1.29 is 9.53 Å². The molecule has 1 atom stereocenters. The first-order valence-corrected chi connectivity index (χ1v) is 7.70. The number of hydrogen-bond donors (Lipinski definition) is 1. The first kappa shape index (κ1) is 15.3. The van der Waals surface area contributed by atoms with Crippen molar-refractivity contribution in [3.05, 3.63) is 42.0 Å². The zero-order chi connectivity index (χ0) is 16.2. The highest BCUT2D eigenvalue weighted by Gasteiger charge is 2.23. The molecule has 1 aromatic carbocycles. The summed E-state index contributed by atoms with van der Waals surface area (Å²) in [5.41, 5.74) is 2.35. The van der Waals surface area contributed by atoms with Gasteiger partial charge in [0.25, 0.3) is 0 Å². The second-order valence-electron chi connectivity index (χ2n) is 5.74. The largest absolute Gasteiger partial charge is 0.496 e. The van der Waals surface area contributed by atoms with Gasteiger partial charge in [0.15, 0.2) is 0 Å². The van der Waals surface area contributed by atoms with Crippen molar-refractivity contribution in [2.45, 2.75) is 32.5 Å². The number of ether oxygens (including phenoxy) is 1. The molecule has 0 unspecified atom stereocenters. The number of rotatable bonds is 4. The summed E-state index contributed by atoms with van der Waals surface area (Å²) in [6, 6.07) is 5.92. The summed E-state index contributed by atoms with van der Waals surface area (Å²) < 4.78 is 7.11. The fourth-order valence-electron chi connectivity index (χ4n) is 2.89. The quantitative estimate of drug-likeness (QED) is 0.927. The van der Waals surface area contributed by atoms with E-state index in [1.807, 2.05) is 24.0 Å². The van der Waals surface area contributed by atoms with Crippen LogP contribution in [-0.4, -0.2) is 45.4 Å². The van der Waals surface area contributed by atoms with E-state index in [2.05, 4.69) is 21.5 Å². The van der Waals surface area contributed by atoms with Gasteiger partial charge in [-0.3, -0.25) is 4.68 Å². The van der Waals surface area contributed by atoms with Gasteiger partial charge in [-0.05, 0) is 25.0 Å². The molecule has 7 heteroatoms. The molecule has 1 aliphatic rings. The first-order chi connectivity index (χ1) is 11.2. The minimum atomic E-state index is -0.0499. The average molecular weight is 315 g/mol. The molecular weight excluding hydrogens is 294 g/mol. The summed E-state index contributed by atoms with van der Waals surface area (Å²) in [6.45, 7) is 3.86. The summed E-state index contributed by atoms with van der Waals surface area (Å²) in [5.74, 6) is 0.905. The number of carbonyl (C=O) groups excluding carboxylic acids is 1. The zero-order valence-electron chi connectivity index (χ0n) is 13.4. The Hall–Kier alpha value is -2.57. The SMILES string of the molecule is COc1cccc2c1CCN(C(=O)N[C@H](C)Cn1cncn1)C2. The van der Waals surface area contributed by atoms with E-state index in [-0.39, 0.29) is 12.1 Å². The highest BCUT2D eigenvalue weighted by Crippen LogP contribution is 2.27. The van der Waals surface area contributed by atoms with E-state index < -0.39 is 0 Å². The fraction of sp³-hybridized carbons (Fsp3) is 0.438. The van der Waals surface area contributed by atoms with Gasteiger partial charge in [-0.1, -0.05) is 12.1 Å². The molecule has 0 aliphatic carbocycles. The maximum Gasteiger partial charge on any atom is 0.317 e. The summed E-state index contributed by atoms with van der Waals surface area (Å²) in [5, 5.41) is 7.07. The maximum absolute atomic E-state index is 12.4. The van der Waals surface area contributed by atoms with Crippen molar-refractivity contribution in [1.82, 2.24) is 25.0 Å². The molecular formula is C16H21N5O2. The van der Waals surface area contributed by atoms with Gasteiger partial charge in [0.05, 0.1) is 13.7 Å². The van der Waals surface area contributed by atoms with Gasteiger partial charge < -0.3 is 15.0 Å². The topological polar surface area (TPSA) is 72.3 Å². The predicted molar refractivity (Wildman–Crippen MR) is 85.1 cm³/mol. The molecule has 0 radical (unpaired) electrons. The number of benzene rings is 1. The van der Waals surface area contributed by atoms with Crippen LogP contribution in [0, 0.1) is 0 Å². The molecule has 1 aliphatic heterocycles. The van der Waals surface area contributed by atoms with Gasteiger partial charge in [-0.2, -0.15) is 5.10 Å². The van der Waals surface area contributed by atoms with Crippen LogP contribution in [0.1, 0.15) is 18.1 Å². The van der Waals surface area contributed by atoms with Crippen LogP contribution < -0.4 is 10.1 Å². The van der Waals surface area contributed by atoms with Crippen molar-refractivity contribution >= 4 is 6.03 Å². The lowest BCUT2D eigenvalue weighted by Crippen LogP contribution is -2.47. The Morgan fingerprint density at radius 3 is 3.09 bits per heavy atom. The minimum absolute atomic E-state index is 0.0177. The van der Waals surface area contributed by atoms with E-state index >= 15 is 0 Å². The predicted octanol–water partition coefficient (Wildman–Crippen LogP) is 1.44. The van der Waals surface area contributed by atoms with E-state index in [1.165, 1.54) is 11.9 Å². The van der Waals surface area contributed by atoms with Gasteiger partial charge >= 0.3 is 6.03 Å². The second kappa shape index (κ2) is 6.68. The van der Waals surface area contributed by atoms with Crippen LogP contribution in [0.25, 0.3) is 0 Å². The Kier molecular flexibility index (Phi) is 4.45. The summed E-state index contributed by atoms with van der Waals surface area (Å²) in [4.78, 5) is 18.2. The Labute approximate surface area is 135 Å². The third-order valence-electron chi connectivity index (χ3n) is 4.03. The molecule has 1 aromatic heterocycles. The Bertz CT molecular complexity index is 671. The van der Waals surface area contributed by atoms with Crippen LogP contribution in [0.5, 0.6) is 5.75 Å². The number of urea groups is 1. The summed E-state index contributed by atoms with van der Waals surface area (Å²) in [6.07, 6.45) is 3.94. The smallest absolute Gasteiger partial charge is 0.317 e. The van der Waals surface area contributed by atoms with Gasteiger partial charge in [0, 0.05) is 24.7 Å². The third-order valence-corrected chi connectivity index (χ3v) is 4.03. The molecule has 23 heavy (non-hydrogen) atoms. The number of nitrogens with one attached hydrogen (secondary N) is 1. The van der Waals surface area contributed by atoms with Gasteiger partial charge in [-0.15, -0.1) is 0 Å². The van der Waals surface area contributed by atoms with Gasteiger partial charge in [0.2, 0.25) is 0 Å². The molecule has 0 fully saturated rings. The Balaban J connectivity index is 1.60. The van der Waals surface area contributed by atoms with Crippen LogP contribution in [0.2, 0.25) is 0 Å². The number of hydrogen-bond acceptors (Lipinski definition) is 4. The molecule has 1 N–H and O–H groups in total. The van der Waals surface area contributed by atoms with Gasteiger partial charge in [-0.25, -0.2) is 9.78 Å². The monoisotopic (exact) mass is 315 g/mol. The van der Waals surface area contributed by atoms with Crippen LogP contribution in [0.4, 0.5) is 4.79 Å². The lowest BCUT2D eigenvalue weighted by atomic mass is 9.99. The van der Waals surface area contributed by atoms with E-state index in [0.717, 1.165) is 17.7 Å². The average Bonchev–Trinajstić information content (AvgIpc) is 3.06. The zero-order valence-corrected chi connectivity index (χ0v) is 13.4. The van der Waals surface area contributed by atoms with Crippen molar-refractivity contribution in [3.63, 3.8) is 0 Å². The summed E-state index contributed by atoms with van der Waals surface area (Å²) >= 11 is 0. The van der Waals surface area contributed by atoms with Crippen LogP contribution in [0.3, 0.4) is 0 Å². The van der Waals surface area contributed by atoms with E-state index in [9.17, 15) is 4.79 Å². The van der Waals surface area contributed by atoms with Crippen LogP contribution >= 0.6 is 0 Å². The van der Waals surface area contributed by atoms with Crippen molar-refractivity contribution in [1.29, 1.82) is 0 Å². The van der Waals surface area contributed by atoms with Crippen LogP contribution in [0.15, 0.2) is 30.9 Å². The van der Waals surface area contributed by atoms with E-state index in [1.54, 1.807) is 18.1 Å². The molecule has 0 saturated carbocycles. The lowest BCUT2D eigenvalue weighted by Gasteiger charge is -2.30. The maximum atomic E-state index is 12.4. The van der Waals surface area contributed by atoms with Crippen molar-refractivity contribution in [2.75, 3.05) is 13.7 Å². The highest BCUT2D eigenvalue weighted by atomic mass is 16.5. The molecule has 2 amide bonds. The second-order valence-corrected chi connectivity index (χ2v) is 5.74. The standard InChI is InChI=1S/C16H21N5O2/c1-12(8-21-11-17-10-18-21)19-16(22)20-7-6-14-13(9-20)4-3-5-15(14)23-2/h3-5,10-12H,6-9H2,1-2H3,(H,19,22)/t12-/m1/s1. The molecule has 7 nitrogen and oxygen atoms in total. The Morgan fingerprint density at radius 2 is 2.35 bits per heavy atom. The number of amides is 2. The fourth-order valence-corrected chi connectivity index (χ4v) is 2.89. The minimum Gasteiger partial charge on any atom is -0.496 e. The molecule has 122 valence electrons. The number of carbonyl (C=O) groups is 1. The molecule has 0 bridgehead atoms. The number of aromatic nitrogens is 3. The molecule has 2 heterocycles. The summed E-state index contributed by atoms with van der Waals surface area (Å²) in [7, 11) is 1.68. The molecule has 3 rings (SSSR count). The Morgan fingerprint density at radius 1 is 1.48 bits per heavy atom. The number of nitrogens with zero attached hydrogens (tertiary/aromatic N) is 4. The first-order valence-electron chi connectivity index (χ1n) is 7.70. The molecule has 2 aromatic rings. The molecule has 0 saturated heterocycles.